The molecule has 2 aliphatic heterocycles. The minimum atomic E-state index is -0.291. The monoisotopic (exact) mass is 442 g/mol. The molecule has 0 radical (unpaired) electrons. The second kappa shape index (κ2) is 7.72. The van der Waals surface area contributed by atoms with Crippen LogP contribution in [0.1, 0.15) is 42.1 Å². The summed E-state index contributed by atoms with van der Waals surface area (Å²) in [7, 11) is 0. The molecule has 2 amide bonds. The Morgan fingerprint density at radius 3 is 2.64 bits per heavy atom. The Kier molecular flexibility index (Phi) is 4.67. The molecule has 1 unspecified atom stereocenters. The zero-order valence-corrected chi connectivity index (χ0v) is 18.3. The van der Waals surface area contributed by atoms with Crippen LogP contribution in [0.3, 0.4) is 0 Å². The maximum Gasteiger partial charge on any atom is 0.239 e. The van der Waals surface area contributed by atoms with Crippen LogP contribution in [0.4, 0.5) is 11.6 Å². The second-order valence-corrected chi connectivity index (χ2v) is 9.26. The average molecular weight is 443 g/mol. The van der Waals surface area contributed by atoms with Gasteiger partial charge in [0, 0.05) is 37.7 Å². The molecule has 2 saturated heterocycles. The number of benzene rings is 2. The largest absolute Gasteiger partial charge is 0.367 e. The lowest BCUT2D eigenvalue weighted by atomic mass is 9.95. The van der Waals surface area contributed by atoms with Gasteiger partial charge in [-0.25, -0.2) is 0 Å². The van der Waals surface area contributed by atoms with Crippen LogP contribution in [0.2, 0.25) is 0 Å². The number of piperidine rings is 1. The third kappa shape index (κ3) is 3.46. The first-order chi connectivity index (χ1) is 16.1. The van der Waals surface area contributed by atoms with Crippen LogP contribution in [0, 0.1) is 5.92 Å². The highest BCUT2D eigenvalue weighted by Gasteiger charge is 2.38. The van der Waals surface area contributed by atoms with Gasteiger partial charge in [-0.15, -0.1) is 5.10 Å². The van der Waals surface area contributed by atoms with E-state index in [-0.39, 0.29) is 36.0 Å². The van der Waals surface area contributed by atoms with Gasteiger partial charge in [-0.05, 0) is 53.6 Å². The number of nitrogens with zero attached hydrogens (tertiary/aromatic N) is 4. The van der Waals surface area contributed by atoms with Crippen LogP contribution in [0.15, 0.2) is 42.5 Å². The van der Waals surface area contributed by atoms with Crippen LogP contribution in [0.25, 0.3) is 11.1 Å². The fourth-order valence-corrected chi connectivity index (χ4v) is 5.52. The number of nitrogen functional groups attached to an aromatic ring is 1. The number of carbonyl (C=O) groups is 2. The Bertz CT molecular complexity index is 1240. The Morgan fingerprint density at radius 1 is 1.06 bits per heavy atom. The molecule has 0 bridgehead atoms. The molecule has 3 aromatic rings. The van der Waals surface area contributed by atoms with E-state index in [2.05, 4.69) is 51.6 Å². The van der Waals surface area contributed by atoms with E-state index in [0.29, 0.717) is 19.6 Å². The molecule has 2 fully saturated rings. The summed E-state index contributed by atoms with van der Waals surface area (Å²) < 4.78 is 0. The highest BCUT2D eigenvalue weighted by Crippen LogP contribution is 2.39. The van der Waals surface area contributed by atoms with Crippen molar-refractivity contribution in [3.05, 3.63) is 59.4 Å². The Balaban J connectivity index is 1.12. The molecule has 2 aromatic carbocycles. The van der Waals surface area contributed by atoms with Crippen molar-refractivity contribution < 1.29 is 9.59 Å². The second-order valence-electron chi connectivity index (χ2n) is 9.26. The van der Waals surface area contributed by atoms with E-state index in [0.717, 1.165) is 30.8 Å². The fraction of sp³-hybridized carbons (Fsp3) is 0.360. The molecule has 3 aliphatic rings. The summed E-state index contributed by atoms with van der Waals surface area (Å²) in [6.07, 6.45) is 2.79. The van der Waals surface area contributed by atoms with Crippen LogP contribution in [-0.4, -0.2) is 51.5 Å². The van der Waals surface area contributed by atoms with E-state index in [1.54, 1.807) is 4.90 Å². The van der Waals surface area contributed by atoms with E-state index >= 15 is 0 Å². The average Bonchev–Trinajstić information content (AvgIpc) is 3.54. The number of aromatic nitrogens is 3. The van der Waals surface area contributed by atoms with Gasteiger partial charge in [0.1, 0.15) is 5.82 Å². The van der Waals surface area contributed by atoms with Crippen molar-refractivity contribution in [3.63, 3.8) is 0 Å². The summed E-state index contributed by atoms with van der Waals surface area (Å²) >= 11 is 0. The summed E-state index contributed by atoms with van der Waals surface area (Å²) in [5, 5.41) is 6.79. The molecule has 1 aliphatic carbocycles. The highest BCUT2D eigenvalue weighted by atomic mass is 16.2. The lowest BCUT2D eigenvalue weighted by Gasteiger charge is -2.32. The van der Waals surface area contributed by atoms with E-state index in [1.807, 2.05) is 11.0 Å². The van der Waals surface area contributed by atoms with Gasteiger partial charge >= 0.3 is 0 Å². The van der Waals surface area contributed by atoms with Crippen molar-refractivity contribution in [2.45, 2.75) is 31.6 Å². The van der Waals surface area contributed by atoms with Gasteiger partial charge in [0.05, 0.1) is 5.92 Å². The third-order valence-electron chi connectivity index (χ3n) is 7.28. The van der Waals surface area contributed by atoms with E-state index in [1.165, 1.54) is 22.3 Å². The number of carbonyl (C=O) groups excluding carboxylic acids is 2. The normalized spacial score (nSPS) is 20.2. The van der Waals surface area contributed by atoms with Crippen molar-refractivity contribution in [1.82, 2.24) is 20.1 Å². The maximum absolute atomic E-state index is 13.2. The predicted octanol–water partition coefficient (Wildman–Crippen LogP) is 2.72. The number of nitrogens with one attached hydrogen (secondary N) is 1. The zero-order valence-electron chi connectivity index (χ0n) is 18.3. The molecule has 8 heteroatoms. The van der Waals surface area contributed by atoms with Crippen LogP contribution in [0.5, 0.6) is 0 Å². The van der Waals surface area contributed by atoms with Gasteiger partial charge in [-0.3, -0.25) is 14.7 Å². The van der Waals surface area contributed by atoms with E-state index < -0.39 is 0 Å². The van der Waals surface area contributed by atoms with Crippen molar-refractivity contribution >= 4 is 23.5 Å². The van der Waals surface area contributed by atoms with E-state index in [9.17, 15) is 9.59 Å². The summed E-state index contributed by atoms with van der Waals surface area (Å²) in [6.45, 7) is 1.76. The number of anilines is 2. The molecule has 3 heterocycles. The topological polar surface area (TPSA) is 108 Å². The Labute approximate surface area is 191 Å². The zero-order chi connectivity index (χ0) is 22.5. The molecule has 168 valence electrons. The van der Waals surface area contributed by atoms with Crippen LogP contribution >= 0.6 is 0 Å². The van der Waals surface area contributed by atoms with Crippen molar-refractivity contribution in [2.75, 3.05) is 30.3 Å². The number of nitrogens with two attached hydrogens (primary N) is 1. The van der Waals surface area contributed by atoms with Gasteiger partial charge in [-0.1, -0.05) is 30.3 Å². The van der Waals surface area contributed by atoms with Crippen LogP contribution in [-0.2, 0) is 16.0 Å². The number of hydrogen-bond donors (Lipinski definition) is 2. The molecule has 33 heavy (non-hydrogen) atoms. The Hall–Kier alpha value is -3.68. The SMILES string of the molecule is Nc1n[nH]c(C2CCN(C(=O)C3CC(=O)N(c4ccc5c(c4)Cc4ccccc4-5)C3)CC2)n1. The molecule has 3 N–H and O–H groups in total. The summed E-state index contributed by atoms with van der Waals surface area (Å²) in [5.74, 6) is 1.09. The van der Waals surface area contributed by atoms with Gasteiger partial charge in [0.2, 0.25) is 17.8 Å². The first kappa shape index (κ1) is 20.0. The van der Waals surface area contributed by atoms with Crippen molar-refractivity contribution in [1.29, 1.82) is 0 Å². The van der Waals surface area contributed by atoms with Gasteiger partial charge in [0.15, 0.2) is 0 Å². The van der Waals surface area contributed by atoms with Gasteiger partial charge in [0.25, 0.3) is 0 Å². The van der Waals surface area contributed by atoms with Crippen molar-refractivity contribution in [3.8, 4) is 11.1 Å². The number of likely N-dealkylation sites (tertiary alicyclic amines) is 1. The molecule has 0 spiro atoms. The Morgan fingerprint density at radius 2 is 1.85 bits per heavy atom. The standard InChI is InChI=1S/C25H26N6O2/c26-25-27-23(28-29-25)15-7-9-30(10-8-15)24(33)18-13-22(32)31(14-18)19-5-6-21-17(12-19)11-16-3-1-2-4-20(16)21/h1-6,12,15,18H,7-11,13-14H2,(H3,26,27,28,29). The number of fused-ring (bicyclic) bond motifs is 3. The van der Waals surface area contributed by atoms with E-state index in [4.69, 9.17) is 5.73 Å². The highest BCUT2D eigenvalue weighted by molar-refractivity contribution is 6.00. The molecule has 6 rings (SSSR count). The number of rotatable bonds is 3. The minimum Gasteiger partial charge on any atom is -0.367 e. The lowest BCUT2D eigenvalue weighted by Crippen LogP contribution is -2.42. The van der Waals surface area contributed by atoms with Gasteiger partial charge in [-0.2, -0.15) is 4.98 Å². The molecule has 8 nitrogen and oxygen atoms in total. The number of aromatic amines is 1. The summed E-state index contributed by atoms with van der Waals surface area (Å²) in [4.78, 5) is 34.0. The molecular formula is C25H26N6O2. The third-order valence-corrected chi connectivity index (χ3v) is 7.28. The van der Waals surface area contributed by atoms with Gasteiger partial charge < -0.3 is 15.5 Å². The van der Waals surface area contributed by atoms with Crippen LogP contribution < -0.4 is 10.6 Å². The molecular weight excluding hydrogens is 416 g/mol. The summed E-state index contributed by atoms with van der Waals surface area (Å²) in [6, 6.07) is 14.7. The molecule has 0 saturated carbocycles. The number of amides is 2. The number of hydrogen-bond acceptors (Lipinski definition) is 5. The lowest BCUT2D eigenvalue weighted by molar-refractivity contribution is -0.136. The maximum atomic E-state index is 13.2. The smallest absolute Gasteiger partial charge is 0.239 e. The first-order valence-corrected chi connectivity index (χ1v) is 11.5. The fourth-order valence-electron chi connectivity index (χ4n) is 5.52. The summed E-state index contributed by atoms with van der Waals surface area (Å²) in [5.41, 5.74) is 11.6. The van der Waals surface area contributed by atoms with Crippen molar-refractivity contribution in [2.24, 2.45) is 5.92 Å². The minimum absolute atomic E-state index is 0.0239. The predicted molar refractivity (Wildman–Crippen MR) is 124 cm³/mol. The first-order valence-electron chi connectivity index (χ1n) is 11.5. The number of H-pyrrole nitrogens is 1. The molecule has 1 aromatic heterocycles. The quantitative estimate of drug-likeness (QED) is 0.507. The molecule has 1 atom stereocenters.